The SMILES string of the molecule is CCC(c1ccccc1)c1ccccc1Cl. The molecule has 0 heterocycles. The zero-order valence-electron chi connectivity index (χ0n) is 9.36. The van der Waals surface area contributed by atoms with Crippen LogP contribution in [0.4, 0.5) is 0 Å². The molecule has 0 amide bonds. The fraction of sp³-hybridized carbons (Fsp3) is 0.200. The number of hydrogen-bond donors (Lipinski definition) is 0. The Morgan fingerprint density at radius 2 is 1.56 bits per heavy atom. The standard InChI is InChI=1S/C15H15Cl/c1-2-13(12-8-4-3-5-9-12)14-10-6-7-11-15(14)16/h3-11,13H,2H2,1H3. The molecular weight excluding hydrogens is 216 g/mol. The van der Waals surface area contributed by atoms with Gasteiger partial charge in [0.15, 0.2) is 0 Å². The maximum atomic E-state index is 6.25. The minimum Gasteiger partial charge on any atom is -0.0840 e. The van der Waals surface area contributed by atoms with Crippen LogP contribution in [0.3, 0.4) is 0 Å². The van der Waals surface area contributed by atoms with Crippen molar-refractivity contribution >= 4 is 11.6 Å². The lowest BCUT2D eigenvalue weighted by Gasteiger charge is -2.17. The van der Waals surface area contributed by atoms with Crippen molar-refractivity contribution < 1.29 is 0 Å². The summed E-state index contributed by atoms with van der Waals surface area (Å²) >= 11 is 6.25. The van der Waals surface area contributed by atoms with Gasteiger partial charge in [0.25, 0.3) is 0 Å². The Bertz CT molecular complexity index is 448. The molecule has 2 rings (SSSR count). The molecule has 0 radical (unpaired) electrons. The molecular formula is C15H15Cl. The van der Waals surface area contributed by atoms with Crippen LogP contribution >= 0.6 is 11.6 Å². The van der Waals surface area contributed by atoms with Crippen LogP contribution in [-0.4, -0.2) is 0 Å². The summed E-state index contributed by atoms with van der Waals surface area (Å²) in [5, 5.41) is 0.859. The van der Waals surface area contributed by atoms with Crippen molar-refractivity contribution in [1.82, 2.24) is 0 Å². The van der Waals surface area contributed by atoms with E-state index in [1.54, 1.807) is 0 Å². The van der Waals surface area contributed by atoms with E-state index in [9.17, 15) is 0 Å². The van der Waals surface area contributed by atoms with Gasteiger partial charge in [-0.1, -0.05) is 67.1 Å². The van der Waals surface area contributed by atoms with Gasteiger partial charge in [-0.15, -0.1) is 0 Å². The van der Waals surface area contributed by atoms with E-state index in [4.69, 9.17) is 11.6 Å². The average molecular weight is 231 g/mol. The first-order valence-electron chi connectivity index (χ1n) is 5.62. The molecule has 82 valence electrons. The number of rotatable bonds is 3. The van der Waals surface area contributed by atoms with E-state index in [2.05, 4.69) is 37.3 Å². The van der Waals surface area contributed by atoms with E-state index in [1.165, 1.54) is 11.1 Å². The first kappa shape index (κ1) is 11.2. The summed E-state index contributed by atoms with van der Waals surface area (Å²) in [6.07, 6.45) is 1.06. The molecule has 0 N–H and O–H groups in total. The smallest absolute Gasteiger partial charge is 0.0444 e. The highest BCUT2D eigenvalue weighted by Crippen LogP contribution is 2.32. The summed E-state index contributed by atoms with van der Waals surface area (Å²) in [6.45, 7) is 2.20. The van der Waals surface area contributed by atoms with Crippen LogP contribution in [-0.2, 0) is 0 Å². The highest BCUT2D eigenvalue weighted by Gasteiger charge is 2.13. The molecule has 0 aliphatic rings. The van der Waals surface area contributed by atoms with E-state index in [0.717, 1.165) is 11.4 Å². The van der Waals surface area contributed by atoms with E-state index < -0.39 is 0 Å². The molecule has 1 atom stereocenters. The molecule has 0 nitrogen and oxygen atoms in total. The Hall–Kier alpha value is -1.27. The molecule has 0 aliphatic carbocycles. The van der Waals surface area contributed by atoms with Crippen molar-refractivity contribution in [3.63, 3.8) is 0 Å². The zero-order valence-corrected chi connectivity index (χ0v) is 10.1. The van der Waals surface area contributed by atoms with Crippen LogP contribution in [0.25, 0.3) is 0 Å². The lowest BCUT2D eigenvalue weighted by molar-refractivity contribution is 0.777. The lowest BCUT2D eigenvalue weighted by Crippen LogP contribution is -1.99. The van der Waals surface area contributed by atoms with Crippen molar-refractivity contribution in [2.75, 3.05) is 0 Å². The Balaban J connectivity index is 2.41. The van der Waals surface area contributed by atoms with Crippen LogP contribution in [0, 0.1) is 0 Å². The molecule has 0 fully saturated rings. The van der Waals surface area contributed by atoms with Crippen LogP contribution in [0.5, 0.6) is 0 Å². The second-order valence-corrected chi connectivity index (χ2v) is 4.30. The third-order valence-corrected chi connectivity index (χ3v) is 3.24. The number of halogens is 1. The minimum atomic E-state index is 0.398. The fourth-order valence-electron chi connectivity index (χ4n) is 2.08. The van der Waals surface area contributed by atoms with Crippen molar-refractivity contribution in [3.8, 4) is 0 Å². The normalized spacial score (nSPS) is 12.4. The third-order valence-electron chi connectivity index (χ3n) is 2.89. The number of benzene rings is 2. The Morgan fingerprint density at radius 1 is 0.938 bits per heavy atom. The predicted octanol–water partition coefficient (Wildman–Crippen LogP) is 4.88. The molecule has 1 heteroatoms. The second kappa shape index (κ2) is 5.18. The molecule has 0 aromatic heterocycles. The topological polar surface area (TPSA) is 0 Å². The molecule has 0 bridgehead atoms. The van der Waals surface area contributed by atoms with Crippen molar-refractivity contribution in [2.24, 2.45) is 0 Å². The third kappa shape index (κ3) is 2.28. The lowest BCUT2D eigenvalue weighted by atomic mass is 9.89. The summed E-state index contributed by atoms with van der Waals surface area (Å²) in [4.78, 5) is 0. The van der Waals surface area contributed by atoms with Gasteiger partial charge in [-0.05, 0) is 23.6 Å². The van der Waals surface area contributed by atoms with Crippen LogP contribution in [0.1, 0.15) is 30.4 Å². The van der Waals surface area contributed by atoms with Crippen LogP contribution in [0.15, 0.2) is 54.6 Å². The van der Waals surface area contributed by atoms with Gasteiger partial charge in [0, 0.05) is 10.9 Å². The zero-order chi connectivity index (χ0) is 11.4. The van der Waals surface area contributed by atoms with E-state index in [-0.39, 0.29) is 0 Å². The van der Waals surface area contributed by atoms with Gasteiger partial charge in [0.2, 0.25) is 0 Å². The van der Waals surface area contributed by atoms with Crippen molar-refractivity contribution in [2.45, 2.75) is 19.3 Å². The van der Waals surface area contributed by atoms with Crippen LogP contribution in [0.2, 0.25) is 5.02 Å². The molecule has 0 aliphatic heterocycles. The van der Waals surface area contributed by atoms with E-state index in [0.29, 0.717) is 5.92 Å². The van der Waals surface area contributed by atoms with E-state index in [1.807, 2.05) is 24.3 Å². The Morgan fingerprint density at radius 3 is 2.19 bits per heavy atom. The minimum absolute atomic E-state index is 0.398. The maximum Gasteiger partial charge on any atom is 0.0444 e. The Labute approximate surface area is 102 Å². The van der Waals surface area contributed by atoms with Gasteiger partial charge >= 0.3 is 0 Å². The largest absolute Gasteiger partial charge is 0.0840 e. The molecule has 0 saturated heterocycles. The summed E-state index contributed by atoms with van der Waals surface area (Å²) < 4.78 is 0. The first-order valence-corrected chi connectivity index (χ1v) is 6.00. The van der Waals surface area contributed by atoms with Gasteiger partial charge in [0.1, 0.15) is 0 Å². The van der Waals surface area contributed by atoms with Crippen molar-refractivity contribution in [3.05, 3.63) is 70.7 Å². The molecule has 1 unspecified atom stereocenters. The van der Waals surface area contributed by atoms with Gasteiger partial charge in [-0.25, -0.2) is 0 Å². The summed E-state index contributed by atoms with van der Waals surface area (Å²) in [6, 6.07) is 18.6. The molecule has 2 aromatic carbocycles. The predicted molar refractivity (Wildman–Crippen MR) is 70.0 cm³/mol. The fourth-order valence-corrected chi connectivity index (χ4v) is 2.35. The molecule has 0 saturated carbocycles. The second-order valence-electron chi connectivity index (χ2n) is 3.89. The van der Waals surface area contributed by atoms with Crippen molar-refractivity contribution in [1.29, 1.82) is 0 Å². The summed E-state index contributed by atoms with van der Waals surface area (Å²) in [5.41, 5.74) is 2.55. The monoisotopic (exact) mass is 230 g/mol. The average Bonchev–Trinajstić information content (AvgIpc) is 2.34. The van der Waals surface area contributed by atoms with Crippen LogP contribution < -0.4 is 0 Å². The molecule has 0 spiro atoms. The number of hydrogen-bond acceptors (Lipinski definition) is 0. The quantitative estimate of drug-likeness (QED) is 0.705. The van der Waals surface area contributed by atoms with Gasteiger partial charge in [0.05, 0.1) is 0 Å². The molecule has 2 aromatic rings. The van der Waals surface area contributed by atoms with Gasteiger partial charge < -0.3 is 0 Å². The maximum absolute atomic E-state index is 6.25. The van der Waals surface area contributed by atoms with E-state index >= 15 is 0 Å². The summed E-state index contributed by atoms with van der Waals surface area (Å²) in [5.74, 6) is 0.398. The first-order chi connectivity index (χ1) is 7.83. The van der Waals surface area contributed by atoms with Gasteiger partial charge in [-0.2, -0.15) is 0 Å². The van der Waals surface area contributed by atoms with Gasteiger partial charge in [-0.3, -0.25) is 0 Å². The molecule has 16 heavy (non-hydrogen) atoms. The highest BCUT2D eigenvalue weighted by molar-refractivity contribution is 6.31. The Kier molecular flexibility index (Phi) is 3.63. The summed E-state index contributed by atoms with van der Waals surface area (Å²) in [7, 11) is 0. The highest BCUT2D eigenvalue weighted by atomic mass is 35.5.